The number of benzene rings is 1. The zero-order valence-electron chi connectivity index (χ0n) is 14.3. The number of carbonyl (C=O) groups is 2. The highest BCUT2D eigenvalue weighted by Crippen LogP contribution is 2.39. The van der Waals surface area contributed by atoms with E-state index in [0.29, 0.717) is 6.54 Å². The molecule has 2 rings (SSSR count). The van der Waals surface area contributed by atoms with Crippen LogP contribution in [0.3, 0.4) is 0 Å². The fourth-order valence-corrected chi connectivity index (χ4v) is 3.32. The molecular weight excluding hydrogens is 306 g/mol. The van der Waals surface area contributed by atoms with Gasteiger partial charge in [-0.2, -0.15) is 0 Å². The van der Waals surface area contributed by atoms with Crippen molar-refractivity contribution in [2.24, 2.45) is 5.73 Å². The van der Waals surface area contributed by atoms with Crippen LogP contribution < -0.4 is 21.1 Å². The minimum atomic E-state index is -0.326. The summed E-state index contributed by atoms with van der Waals surface area (Å²) < 4.78 is 5.23. The van der Waals surface area contributed by atoms with E-state index in [1.807, 2.05) is 12.1 Å². The predicted octanol–water partition coefficient (Wildman–Crippen LogP) is 1.09. The van der Waals surface area contributed by atoms with Crippen LogP contribution in [0.5, 0.6) is 5.75 Å². The zero-order chi connectivity index (χ0) is 17.4. The third-order valence-corrected chi connectivity index (χ3v) is 4.77. The number of ether oxygens (including phenoxy) is 1. The summed E-state index contributed by atoms with van der Waals surface area (Å²) >= 11 is 0. The van der Waals surface area contributed by atoms with Crippen molar-refractivity contribution in [3.05, 3.63) is 29.8 Å². The van der Waals surface area contributed by atoms with Gasteiger partial charge in [0.1, 0.15) is 5.75 Å². The summed E-state index contributed by atoms with van der Waals surface area (Å²) in [6.45, 7) is 0.439. The lowest BCUT2D eigenvalue weighted by Gasteiger charge is -2.38. The number of hydrogen-bond donors (Lipinski definition) is 3. The number of amides is 2. The van der Waals surface area contributed by atoms with Gasteiger partial charge in [-0.3, -0.25) is 9.59 Å². The first-order valence-electron chi connectivity index (χ1n) is 8.48. The molecule has 2 amide bonds. The molecule has 24 heavy (non-hydrogen) atoms. The Labute approximate surface area is 143 Å². The summed E-state index contributed by atoms with van der Waals surface area (Å²) in [4.78, 5) is 23.1. The molecule has 0 spiro atoms. The maximum absolute atomic E-state index is 12.0. The number of nitrogens with one attached hydrogen (secondary N) is 2. The molecule has 1 fully saturated rings. The highest BCUT2D eigenvalue weighted by atomic mass is 16.5. The van der Waals surface area contributed by atoms with Gasteiger partial charge in [0.25, 0.3) is 0 Å². The van der Waals surface area contributed by atoms with E-state index in [2.05, 4.69) is 22.8 Å². The Bertz CT molecular complexity index is 551. The average molecular weight is 333 g/mol. The monoisotopic (exact) mass is 333 g/mol. The van der Waals surface area contributed by atoms with Gasteiger partial charge in [0.2, 0.25) is 11.8 Å². The van der Waals surface area contributed by atoms with Gasteiger partial charge in [0, 0.05) is 12.0 Å². The molecule has 132 valence electrons. The van der Waals surface area contributed by atoms with Crippen LogP contribution in [0.25, 0.3) is 0 Å². The quantitative estimate of drug-likeness (QED) is 0.696. The van der Waals surface area contributed by atoms with Crippen molar-refractivity contribution in [1.82, 2.24) is 10.6 Å². The third kappa shape index (κ3) is 4.71. The maximum Gasteiger partial charge on any atom is 0.239 e. The minimum absolute atomic E-state index is 0.0330. The first kappa shape index (κ1) is 18.3. The van der Waals surface area contributed by atoms with Crippen molar-refractivity contribution in [3.8, 4) is 5.75 Å². The molecule has 0 bridgehead atoms. The van der Waals surface area contributed by atoms with Crippen molar-refractivity contribution in [1.29, 1.82) is 0 Å². The van der Waals surface area contributed by atoms with Gasteiger partial charge in [-0.1, -0.05) is 31.4 Å². The topological polar surface area (TPSA) is 93.5 Å². The van der Waals surface area contributed by atoms with Crippen LogP contribution in [0.2, 0.25) is 0 Å². The molecule has 1 aromatic rings. The normalized spacial score (nSPS) is 16.2. The summed E-state index contributed by atoms with van der Waals surface area (Å²) in [6.07, 6.45) is 5.65. The summed E-state index contributed by atoms with van der Waals surface area (Å²) in [6, 6.07) is 8.11. The van der Waals surface area contributed by atoms with Gasteiger partial charge in [0.15, 0.2) is 0 Å². The molecule has 1 aliphatic carbocycles. The lowest BCUT2D eigenvalue weighted by Crippen LogP contribution is -2.46. The van der Waals surface area contributed by atoms with Gasteiger partial charge in [0.05, 0.1) is 20.2 Å². The molecule has 1 aromatic carbocycles. The first-order chi connectivity index (χ1) is 11.6. The Morgan fingerprint density at radius 1 is 1.08 bits per heavy atom. The predicted molar refractivity (Wildman–Crippen MR) is 92.8 cm³/mol. The summed E-state index contributed by atoms with van der Waals surface area (Å²) in [5.74, 6) is 0.321. The molecule has 6 heteroatoms. The molecule has 0 aliphatic heterocycles. The van der Waals surface area contributed by atoms with Crippen LogP contribution in [0, 0.1) is 0 Å². The van der Waals surface area contributed by atoms with E-state index in [9.17, 15) is 9.59 Å². The molecule has 0 atom stereocenters. The molecule has 6 nitrogen and oxygen atoms in total. The second kappa shape index (κ2) is 8.68. The number of methoxy groups -OCH3 is 1. The van der Waals surface area contributed by atoms with Crippen LogP contribution in [-0.4, -0.2) is 38.6 Å². The molecule has 4 N–H and O–H groups in total. The Hall–Kier alpha value is -2.08. The van der Waals surface area contributed by atoms with Crippen molar-refractivity contribution >= 4 is 11.8 Å². The fraction of sp³-hybridized carbons (Fsp3) is 0.556. The van der Waals surface area contributed by atoms with Crippen molar-refractivity contribution < 1.29 is 14.3 Å². The summed E-state index contributed by atoms with van der Waals surface area (Å²) in [5, 5.41) is 5.47. The Morgan fingerprint density at radius 2 is 1.75 bits per heavy atom. The van der Waals surface area contributed by atoms with Gasteiger partial charge in [-0.25, -0.2) is 0 Å². The van der Waals surface area contributed by atoms with Gasteiger partial charge in [-0.05, 0) is 30.5 Å². The van der Waals surface area contributed by atoms with E-state index in [-0.39, 0.29) is 30.3 Å². The lowest BCUT2D eigenvalue weighted by atomic mass is 9.69. The zero-order valence-corrected chi connectivity index (χ0v) is 14.3. The van der Waals surface area contributed by atoms with Crippen molar-refractivity contribution in [3.63, 3.8) is 0 Å². The van der Waals surface area contributed by atoms with Gasteiger partial charge >= 0.3 is 0 Å². The molecule has 0 aromatic heterocycles. The van der Waals surface area contributed by atoms with Crippen LogP contribution >= 0.6 is 0 Å². The van der Waals surface area contributed by atoms with Gasteiger partial charge in [-0.15, -0.1) is 0 Å². The molecule has 0 unspecified atom stereocenters. The second-order valence-electron chi connectivity index (χ2n) is 6.33. The number of rotatable bonds is 7. The van der Waals surface area contributed by atoms with Crippen LogP contribution in [-0.2, 0) is 15.0 Å². The molecule has 1 saturated carbocycles. The van der Waals surface area contributed by atoms with E-state index in [1.165, 1.54) is 12.0 Å². The van der Waals surface area contributed by atoms with Crippen LogP contribution in [0.1, 0.15) is 37.7 Å². The number of nitrogens with two attached hydrogens (primary N) is 1. The average Bonchev–Trinajstić information content (AvgIpc) is 2.65. The van der Waals surface area contributed by atoms with E-state index in [4.69, 9.17) is 10.5 Å². The van der Waals surface area contributed by atoms with E-state index in [0.717, 1.165) is 31.4 Å². The van der Waals surface area contributed by atoms with E-state index < -0.39 is 0 Å². The third-order valence-electron chi connectivity index (χ3n) is 4.77. The van der Waals surface area contributed by atoms with Gasteiger partial charge < -0.3 is 21.1 Å². The van der Waals surface area contributed by atoms with Crippen molar-refractivity contribution in [2.45, 2.75) is 37.5 Å². The number of hydrogen-bond acceptors (Lipinski definition) is 4. The molecule has 0 heterocycles. The summed E-state index contributed by atoms with van der Waals surface area (Å²) in [5.41, 5.74) is 6.40. The van der Waals surface area contributed by atoms with Crippen LogP contribution in [0.4, 0.5) is 0 Å². The Balaban J connectivity index is 2.02. The molecule has 1 aliphatic rings. The number of carbonyl (C=O) groups excluding carboxylic acids is 2. The highest BCUT2D eigenvalue weighted by molar-refractivity contribution is 5.85. The Morgan fingerprint density at radius 3 is 2.33 bits per heavy atom. The minimum Gasteiger partial charge on any atom is -0.497 e. The SMILES string of the molecule is COc1ccc(C2(CNC(=O)CNC(=O)CN)CCCCC2)cc1. The molecular formula is C18H27N3O3. The first-order valence-corrected chi connectivity index (χ1v) is 8.48. The van der Waals surface area contributed by atoms with E-state index >= 15 is 0 Å². The lowest BCUT2D eigenvalue weighted by molar-refractivity contribution is -0.125. The second-order valence-corrected chi connectivity index (χ2v) is 6.33. The fourth-order valence-electron chi connectivity index (χ4n) is 3.32. The largest absolute Gasteiger partial charge is 0.497 e. The highest BCUT2D eigenvalue weighted by Gasteiger charge is 2.34. The molecule has 0 radical (unpaired) electrons. The van der Waals surface area contributed by atoms with Crippen molar-refractivity contribution in [2.75, 3.05) is 26.7 Å². The smallest absolute Gasteiger partial charge is 0.239 e. The van der Waals surface area contributed by atoms with E-state index in [1.54, 1.807) is 7.11 Å². The maximum atomic E-state index is 12.0. The summed E-state index contributed by atoms with van der Waals surface area (Å²) in [7, 11) is 1.65. The Kier molecular flexibility index (Phi) is 6.61. The van der Waals surface area contributed by atoms with Crippen LogP contribution in [0.15, 0.2) is 24.3 Å². The molecule has 0 saturated heterocycles. The standard InChI is InChI=1S/C18H27N3O3/c1-24-15-7-5-14(6-8-15)18(9-3-2-4-10-18)13-21-17(23)12-20-16(22)11-19/h5-8H,2-4,9-13,19H2,1H3,(H,20,22)(H,21,23).